The van der Waals surface area contributed by atoms with E-state index < -0.39 is 0 Å². The zero-order chi connectivity index (χ0) is 17.2. The van der Waals surface area contributed by atoms with Crippen molar-refractivity contribution in [3.8, 4) is 6.07 Å². The molecule has 6 heteroatoms. The molecule has 0 spiro atoms. The van der Waals surface area contributed by atoms with Gasteiger partial charge in [-0.05, 0) is 62.1 Å². The minimum atomic E-state index is -0.00134. The number of hydrogen-bond acceptors (Lipinski definition) is 5. The fourth-order valence-corrected chi connectivity index (χ4v) is 6.09. The van der Waals surface area contributed by atoms with Crippen LogP contribution in [0.15, 0.2) is 17.5 Å². The molecule has 0 unspecified atom stereocenters. The van der Waals surface area contributed by atoms with E-state index in [2.05, 4.69) is 33.8 Å². The number of aryl methyl sites for hydroxylation is 1. The normalized spacial score (nSPS) is 20.2. The summed E-state index contributed by atoms with van der Waals surface area (Å²) in [5.41, 5.74) is 1.87. The molecular formula is C19H21N3OS2. The number of nitrogens with one attached hydrogen (secondary N) is 1. The number of anilines is 1. The minimum absolute atomic E-state index is 0.00134. The van der Waals surface area contributed by atoms with Gasteiger partial charge in [0.2, 0.25) is 5.91 Å². The molecule has 2 aromatic rings. The van der Waals surface area contributed by atoms with Crippen LogP contribution in [0.5, 0.6) is 0 Å². The second kappa shape index (κ2) is 7.28. The van der Waals surface area contributed by atoms with Crippen molar-refractivity contribution in [3.05, 3.63) is 38.4 Å². The van der Waals surface area contributed by atoms with E-state index >= 15 is 0 Å². The number of thiophene rings is 2. The fourth-order valence-electron chi connectivity index (χ4n) is 3.94. The first-order valence-electron chi connectivity index (χ1n) is 8.88. The van der Waals surface area contributed by atoms with Crippen LogP contribution in [0.4, 0.5) is 5.00 Å². The second-order valence-corrected chi connectivity index (χ2v) is 8.80. The summed E-state index contributed by atoms with van der Waals surface area (Å²) in [6.07, 6.45) is 6.58. The van der Waals surface area contributed by atoms with Gasteiger partial charge in [0, 0.05) is 15.8 Å². The van der Waals surface area contributed by atoms with Crippen molar-refractivity contribution in [3.63, 3.8) is 0 Å². The molecule has 1 atom stereocenters. The Labute approximate surface area is 156 Å². The molecule has 0 bridgehead atoms. The van der Waals surface area contributed by atoms with Crippen LogP contribution in [0.25, 0.3) is 0 Å². The van der Waals surface area contributed by atoms with Gasteiger partial charge in [0.25, 0.3) is 0 Å². The molecule has 4 rings (SSSR count). The highest BCUT2D eigenvalue weighted by Crippen LogP contribution is 2.38. The first kappa shape index (κ1) is 16.8. The number of carbonyl (C=O) groups is 1. The number of rotatable bonds is 4. The van der Waals surface area contributed by atoms with E-state index in [1.54, 1.807) is 22.7 Å². The zero-order valence-corrected chi connectivity index (χ0v) is 15.7. The highest BCUT2D eigenvalue weighted by molar-refractivity contribution is 7.16. The molecule has 0 saturated carbocycles. The Morgan fingerprint density at radius 1 is 1.36 bits per heavy atom. The van der Waals surface area contributed by atoms with Crippen LogP contribution >= 0.6 is 22.7 Å². The van der Waals surface area contributed by atoms with Crippen molar-refractivity contribution >= 4 is 33.6 Å². The van der Waals surface area contributed by atoms with Gasteiger partial charge in [0.05, 0.1) is 12.1 Å². The van der Waals surface area contributed by atoms with E-state index in [0.717, 1.165) is 43.6 Å². The number of amides is 1. The van der Waals surface area contributed by atoms with Crippen LogP contribution in [0.1, 0.15) is 52.6 Å². The molecule has 0 radical (unpaired) electrons. The zero-order valence-electron chi connectivity index (χ0n) is 14.1. The van der Waals surface area contributed by atoms with Crippen LogP contribution in [0.2, 0.25) is 0 Å². The lowest BCUT2D eigenvalue weighted by Crippen LogP contribution is -2.32. The number of nitrogens with zero attached hydrogens (tertiary/aromatic N) is 2. The summed E-state index contributed by atoms with van der Waals surface area (Å²) in [5.74, 6) is -0.00134. The van der Waals surface area contributed by atoms with Gasteiger partial charge in [-0.15, -0.1) is 22.7 Å². The minimum Gasteiger partial charge on any atom is -0.315 e. The van der Waals surface area contributed by atoms with Gasteiger partial charge in [0.15, 0.2) is 0 Å². The third-order valence-corrected chi connectivity index (χ3v) is 7.30. The topological polar surface area (TPSA) is 56.1 Å². The molecule has 130 valence electrons. The van der Waals surface area contributed by atoms with Gasteiger partial charge in [-0.1, -0.05) is 6.07 Å². The molecule has 1 aliphatic heterocycles. The third kappa shape index (κ3) is 3.37. The number of fused-ring (bicyclic) bond motifs is 1. The standard InChI is InChI=1S/C19H21N3OS2/c20-11-14-13-5-1-2-7-16(13)25-19(14)21-18(23)12-22-9-3-6-15(22)17-8-4-10-24-17/h4,8,10,15H,1-3,5-7,9,12H2,(H,21,23)/t15-/m0/s1. The predicted molar refractivity (Wildman–Crippen MR) is 102 cm³/mol. The molecule has 0 aromatic carbocycles. The van der Waals surface area contributed by atoms with E-state index in [1.165, 1.54) is 21.7 Å². The van der Waals surface area contributed by atoms with E-state index in [-0.39, 0.29) is 5.91 Å². The first-order valence-corrected chi connectivity index (χ1v) is 10.6. The van der Waals surface area contributed by atoms with Crippen molar-refractivity contribution in [2.24, 2.45) is 0 Å². The maximum Gasteiger partial charge on any atom is 0.239 e. The van der Waals surface area contributed by atoms with Crippen LogP contribution in [0, 0.1) is 11.3 Å². The SMILES string of the molecule is N#Cc1c(NC(=O)CN2CCC[C@H]2c2cccs2)sc2c1CCCC2. The largest absolute Gasteiger partial charge is 0.315 e. The fraction of sp³-hybridized carbons (Fsp3) is 0.474. The molecular weight excluding hydrogens is 350 g/mol. The van der Waals surface area contributed by atoms with Gasteiger partial charge in [-0.3, -0.25) is 9.69 Å². The molecule has 1 fully saturated rings. The maximum absolute atomic E-state index is 12.6. The van der Waals surface area contributed by atoms with Gasteiger partial charge in [-0.2, -0.15) is 5.26 Å². The molecule has 1 saturated heterocycles. The van der Waals surface area contributed by atoms with Crippen LogP contribution < -0.4 is 5.32 Å². The van der Waals surface area contributed by atoms with Crippen LogP contribution in [-0.4, -0.2) is 23.9 Å². The highest BCUT2D eigenvalue weighted by atomic mass is 32.1. The molecule has 2 aliphatic rings. The molecule has 1 aliphatic carbocycles. The Bertz CT molecular complexity index is 803. The number of hydrogen-bond donors (Lipinski definition) is 1. The van der Waals surface area contributed by atoms with Gasteiger partial charge in [-0.25, -0.2) is 0 Å². The first-order chi connectivity index (χ1) is 12.3. The average Bonchev–Trinajstić information content (AvgIpc) is 3.33. The number of carbonyl (C=O) groups excluding carboxylic acids is 1. The summed E-state index contributed by atoms with van der Waals surface area (Å²) >= 11 is 3.37. The summed E-state index contributed by atoms with van der Waals surface area (Å²) < 4.78 is 0. The van der Waals surface area contributed by atoms with Crippen LogP contribution in [0.3, 0.4) is 0 Å². The van der Waals surface area contributed by atoms with Crippen molar-refractivity contribution < 1.29 is 4.79 Å². The Kier molecular flexibility index (Phi) is 4.89. The monoisotopic (exact) mass is 371 g/mol. The van der Waals surface area contributed by atoms with Gasteiger partial charge < -0.3 is 5.32 Å². The van der Waals surface area contributed by atoms with E-state index in [0.29, 0.717) is 18.2 Å². The molecule has 1 amide bonds. The molecule has 25 heavy (non-hydrogen) atoms. The van der Waals surface area contributed by atoms with Crippen molar-refractivity contribution in [1.29, 1.82) is 5.26 Å². The Morgan fingerprint density at radius 3 is 3.04 bits per heavy atom. The smallest absolute Gasteiger partial charge is 0.239 e. The lowest BCUT2D eigenvalue weighted by atomic mass is 9.96. The van der Waals surface area contributed by atoms with Gasteiger partial charge >= 0.3 is 0 Å². The predicted octanol–water partition coefficient (Wildman–Crippen LogP) is 4.34. The van der Waals surface area contributed by atoms with Crippen molar-refractivity contribution in [1.82, 2.24) is 4.90 Å². The summed E-state index contributed by atoms with van der Waals surface area (Å²) in [4.78, 5) is 17.5. The second-order valence-electron chi connectivity index (χ2n) is 6.72. The number of likely N-dealkylation sites (tertiary alicyclic amines) is 1. The Hall–Kier alpha value is -1.68. The number of nitriles is 1. The van der Waals surface area contributed by atoms with Crippen molar-refractivity contribution in [2.45, 2.75) is 44.6 Å². The van der Waals surface area contributed by atoms with E-state index in [4.69, 9.17) is 0 Å². The maximum atomic E-state index is 12.6. The molecule has 2 aromatic heterocycles. The molecule has 3 heterocycles. The summed E-state index contributed by atoms with van der Waals surface area (Å²) in [6, 6.07) is 6.91. The Balaban J connectivity index is 1.46. The summed E-state index contributed by atoms with van der Waals surface area (Å²) in [7, 11) is 0. The van der Waals surface area contributed by atoms with E-state index in [1.807, 2.05) is 0 Å². The Morgan fingerprint density at radius 2 is 2.24 bits per heavy atom. The van der Waals surface area contributed by atoms with Crippen LogP contribution in [-0.2, 0) is 17.6 Å². The van der Waals surface area contributed by atoms with Gasteiger partial charge in [0.1, 0.15) is 11.1 Å². The highest BCUT2D eigenvalue weighted by Gasteiger charge is 2.29. The quantitative estimate of drug-likeness (QED) is 0.870. The summed E-state index contributed by atoms with van der Waals surface area (Å²) in [5, 5.41) is 15.4. The molecule has 1 N–H and O–H groups in total. The lowest BCUT2D eigenvalue weighted by molar-refractivity contribution is -0.117. The lowest BCUT2D eigenvalue weighted by Gasteiger charge is -2.22. The average molecular weight is 372 g/mol. The molecule has 4 nitrogen and oxygen atoms in total. The van der Waals surface area contributed by atoms with Crippen molar-refractivity contribution in [2.75, 3.05) is 18.4 Å². The third-order valence-electron chi connectivity index (χ3n) is 5.12. The van der Waals surface area contributed by atoms with E-state index in [9.17, 15) is 10.1 Å². The summed E-state index contributed by atoms with van der Waals surface area (Å²) in [6.45, 7) is 1.36.